The van der Waals surface area contributed by atoms with E-state index in [1.54, 1.807) is 24.3 Å². The van der Waals surface area contributed by atoms with Crippen LogP contribution in [0.5, 0.6) is 0 Å². The SMILES string of the molecule is O=C(NCc1ccc(Cl)cc1)C(=O)Nc1ccc(F)cc1. The van der Waals surface area contributed by atoms with Crippen molar-refractivity contribution in [3.63, 3.8) is 0 Å². The molecule has 2 aromatic carbocycles. The second kappa shape index (κ2) is 6.85. The standard InChI is InChI=1S/C15H12ClFN2O2/c16-11-3-1-10(2-4-11)9-18-14(20)15(21)19-13-7-5-12(17)6-8-13/h1-8H,9H2,(H,18,20)(H,19,21). The van der Waals surface area contributed by atoms with Gasteiger partial charge in [-0.05, 0) is 42.0 Å². The van der Waals surface area contributed by atoms with Crippen LogP contribution in [0.2, 0.25) is 5.02 Å². The van der Waals surface area contributed by atoms with Gasteiger partial charge in [-0.2, -0.15) is 0 Å². The molecule has 4 nitrogen and oxygen atoms in total. The molecule has 0 saturated carbocycles. The van der Waals surface area contributed by atoms with Gasteiger partial charge in [0, 0.05) is 17.3 Å². The van der Waals surface area contributed by atoms with E-state index in [1.165, 1.54) is 24.3 Å². The molecule has 0 aliphatic rings. The molecule has 2 aromatic rings. The molecule has 0 radical (unpaired) electrons. The van der Waals surface area contributed by atoms with Gasteiger partial charge in [0.05, 0.1) is 0 Å². The van der Waals surface area contributed by atoms with E-state index >= 15 is 0 Å². The van der Waals surface area contributed by atoms with Crippen molar-refractivity contribution in [3.05, 3.63) is 64.9 Å². The number of nitrogens with one attached hydrogen (secondary N) is 2. The zero-order valence-electron chi connectivity index (χ0n) is 10.9. The first-order chi connectivity index (χ1) is 10.0. The fourth-order valence-corrected chi connectivity index (χ4v) is 1.71. The summed E-state index contributed by atoms with van der Waals surface area (Å²) in [7, 11) is 0. The molecule has 0 bridgehead atoms. The molecule has 2 amide bonds. The van der Waals surface area contributed by atoms with Crippen molar-refractivity contribution < 1.29 is 14.0 Å². The lowest BCUT2D eigenvalue weighted by atomic mass is 10.2. The molecule has 0 aliphatic carbocycles. The van der Waals surface area contributed by atoms with E-state index in [4.69, 9.17) is 11.6 Å². The smallest absolute Gasteiger partial charge is 0.313 e. The zero-order valence-corrected chi connectivity index (χ0v) is 11.7. The molecule has 2 rings (SSSR count). The third-order valence-electron chi connectivity index (χ3n) is 2.67. The van der Waals surface area contributed by atoms with Gasteiger partial charge in [-0.3, -0.25) is 9.59 Å². The lowest BCUT2D eigenvalue weighted by Crippen LogP contribution is -2.34. The first-order valence-corrected chi connectivity index (χ1v) is 6.51. The first kappa shape index (κ1) is 15.0. The topological polar surface area (TPSA) is 58.2 Å². The van der Waals surface area contributed by atoms with Crippen LogP contribution in [0, 0.1) is 5.82 Å². The van der Waals surface area contributed by atoms with Crippen LogP contribution in [-0.2, 0) is 16.1 Å². The van der Waals surface area contributed by atoms with Crippen molar-refractivity contribution >= 4 is 29.1 Å². The summed E-state index contributed by atoms with van der Waals surface area (Å²) in [4.78, 5) is 23.3. The van der Waals surface area contributed by atoms with E-state index < -0.39 is 17.6 Å². The molecule has 0 heterocycles. The van der Waals surface area contributed by atoms with Gasteiger partial charge in [-0.25, -0.2) is 4.39 Å². The van der Waals surface area contributed by atoms with Crippen molar-refractivity contribution in [2.45, 2.75) is 6.54 Å². The minimum Gasteiger partial charge on any atom is -0.344 e. The maximum absolute atomic E-state index is 12.7. The number of carbonyl (C=O) groups is 2. The molecule has 21 heavy (non-hydrogen) atoms. The van der Waals surface area contributed by atoms with Gasteiger partial charge in [-0.1, -0.05) is 23.7 Å². The second-order valence-electron chi connectivity index (χ2n) is 4.27. The highest BCUT2D eigenvalue weighted by atomic mass is 35.5. The van der Waals surface area contributed by atoms with Crippen molar-refractivity contribution in [1.82, 2.24) is 5.32 Å². The Morgan fingerprint density at radius 2 is 1.57 bits per heavy atom. The van der Waals surface area contributed by atoms with Crippen molar-refractivity contribution in [3.8, 4) is 0 Å². The quantitative estimate of drug-likeness (QED) is 0.857. The van der Waals surface area contributed by atoms with Crippen molar-refractivity contribution in [2.24, 2.45) is 0 Å². The Bertz CT molecular complexity index is 642. The molecule has 0 spiro atoms. The Morgan fingerprint density at radius 1 is 0.952 bits per heavy atom. The van der Waals surface area contributed by atoms with E-state index in [-0.39, 0.29) is 6.54 Å². The number of halogens is 2. The molecule has 2 N–H and O–H groups in total. The lowest BCUT2D eigenvalue weighted by molar-refractivity contribution is -0.136. The van der Waals surface area contributed by atoms with Crippen LogP contribution < -0.4 is 10.6 Å². The van der Waals surface area contributed by atoms with Gasteiger partial charge in [0.15, 0.2) is 0 Å². The highest BCUT2D eigenvalue weighted by molar-refractivity contribution is 6.39. The van der Waals surface area contributed by atoms with Gasteiger partial charge in [-0.15, -0.1) is 0 Å². The first-order valence-electron chi connectivity index (χ1n) is 6.14. The van der Waals surface area contributed by atoms with E-state index in [0.717, 1.165) is 5.56 Å². The summed E-state index contributed by atoms with van der Waals surface area (Å²) in [6.07, 6.45) is 0. The summed E-state index contributed by atoms with van der Waals surface area (Å²) in [5.74, 6) is -2.00. The summed E-state index contributed by atoms with van der Waals surface area (Å²) >= 11 is 5.75. The fraction of sp³-hybridized carbons (Fsp3) is 0.0667. The largest absolute Gasteiger partial charge is 0.344 e. The Labute approximate surface area is 125 Å². The molecular formula is C15H12ClFN2O2. The summed E-state index contributed by atoms with van der Waals surface area (Å²) in [5, 5.41) is 5.45. The minimum atomic E-state index is -0.810. The summed E-state index contributed by atoms with van der Waals surface area (Å²) in [5.41, 5.74) is 1.17. The van der Waals surface area contributed by atoms with Crippen LogP contribution in [0.25, 0.3) is 0 Å². The lowest BCUT2D eigenvalue weighted by Gasteiger charge is -2.06. The molecule has 0 atom stereocenters. The van der Waals surface area contributed by atoms with Crippen LogP contribution in [0.1, 0.15) is 5.56 Å². The van der Waals surface area contributed by atoms with Gasteiger partial charge < -0.3 is 10.6 Å². The number of benzene rings is 2. The molecule has 0 unspecified atom stereocenters. The third kappa shape index (κ3) is 4.57. The molecule has 108 valence electrons. The average Bonchev–Trinajstić information content (AvgIpc) is 2.48. The number of rotatable bonds is 3. The second-order valence-corrected chi connectivity index (χ2v) is 4.71. The predicted molar refractivity (Wildman–Crippen MR) is 78.3 cm³/mol. The number of hydrogen-bond acceptors (Lipinski definition) is 2. The summed E-state index contributed by atoms with van der Waals surface area (Å²) < 4.78 is 12.7. The minimum absolute atomic E-state index is 0.215. The summed E-state index contributed by atoms with van der Waals surface area (Å²) in [6.45, 7) is 0.215. The van der Waals surface area contributed by atoms with Crippen LogP contribution in [0.4, 0.5) is 10.1 Å². The highest BCUT2D eigenvalue weighted by Gasteiger charge is 2.13. The fourth-order valence-electron chi connectivity index (χ4n) is 1.59. The monoisotopic (exact) mass is 306 g/mol. The normalized spacial score (nSPS) is 10.0. The maximum Gasteiger partial charge on any atom is 0.313 e. The van der Waals surface area contributed by atoms with Crippen LogP contribution in [0.15, 0.2) is 48.5 Å². The molecule has 0 fully saturated rings. The predicted octanol–water partition coefficient (Wildman–Crippen LogP) is 2.73. The maximum atomic E-state index is 12.7. The number of carbonyl (C=O) groups excluding carboxylic acids is 2. The van der Waals surface area contributed by atoms with Crippen LogP contribution in [-0.4, -0.2) is 11.8 Å². The van der Waals surface area contributed by atoms with Gasteiger partial charge in [0.1, 0.15) is 5.82 Å². The van der Waals surface area contributed by atoms with Gasteiger partial charge in [0.2, 0.25) is 0 Å². The van der Waals surface area contributed by atoms with E-state index in [0.29, 0.717) is 10.7 Å². The molecular weight excluding hydrogens is 295 g/mol. The molecule has 0 aliphatic heterocycles. The molecule has 6 heteroatoms. The van der Waals surface area contributed by atoms with Crippen molar-refractivity contribution in [2.75, 3.05) is 5.32 Å². The van der Waals surface area contributed by atoms with E-state index in [9.17, 15) is 14.0 Å². The van der Waals surface area contributed by atoms with Gasteiger partial charge >= 0.3 is 11.8 Å². The number of amides is 2. The molecule has 0 aromatic heterocycles. The highest BCUT2D eigenvalue weighted by Crippen LogP contribution is 2.09. The Balaban J connectivity index is 1.86. The number of hydrogen-bond donors (Lipinski definition) is 2. The zero-order chi connectivity index (χ0) is 15.2. The van der Waals surface area contributed by atoms with Crippen LogP contribution in [0.3, 0.4) is 0 Å². The Hall–Kier alpha value is -2.40. The van der Waals surface area contributed by atoms with E-state index in [2.05, 4.69) is 10.6 Å². The molecule has 0 saturated heterocycles. The van der Waals surface area contributed by atoms with Crippen LogP contribution >= 0.6 is 11.6 Å². The van der Waals surface area contributed by atoms with E-state index in [1.807, 2.05) is 0 Å². The van der Waals surface area contributed by atoms with Gasteiger partial charge in [0.25, 0.3) is 0 Å². The number of anilines is 1. The Kier molecular flexibility index (Phi) is 4.90. The average molecular weight is 307 g/mol. The Morgan fingerprint density at radius 3 is 2.19 bits per heavy atom. The van der Waals surface area contributed by atoms with Crippen molar-refractivity contribution in [1.29, 1.82) is 0 Å². The third-order valence-corrected chi connectivity index (χ3v) is 2.93. The summed E-state index contributed by atoms with van der Waals surface area (Å²) in [6, 6.07) is 12.0.